The van der Waals surface area contributed by atoms with E-state index >= 15 is 0 Å². The molecule has 1 aliphatic heterocycles. The van der Waals surface area contributed by atoms with E-state index in [1.807, 2.05) is 6.07 Å². The Labute approximate surface area is 157 Å². The minimum absolute atomic E-state index is 0.258. The molecule has 0 aromatic heterocycles. The highest BCUT2D eigenvalue weighted by atomic mass is 35.5. The fourth-order valence-corrected chi connectivity index (χ4v) is 3.61. The molecule has 0 bridgehead atoms. The van der Waals surface area contributed by atoms with Crippen LogP contribution in [0.2, 0.25) is 10.0 Å². The zero-order valence-electron chi connectivity index (χ0n) is 14.1. The maximum atomic E-state index is 12.5. The summed E-state index contributed by atoms with van der Waals surface area (Å²) in [6.07, 6.45) is 3.49. The number of hydrogen-bond donors (Lipinski definition) is 2. The Morgan fingerprint density at radius 3 is 2.76 bits per heavy atom. The monoisotopic (exact) mass is 377 g/mol. The average molecular weight is 378 g/mol. The van der Waals surface area contributed by atoms with Crippen molar-refractivity contribution < 1.29 is 4.79 Å². The van der Waals surface area contributed by atoms with Gasteiger partial charge in [0.1, 0.15) is 0 Å². The first-order valence-corrected chi connectivity index (χ1v) is 9.14. The van der Waals surface area contributed by atoms with Crippen LogP contribution in [0.4, 0.5) is 17.1 Å². The Morgan fingerprint density at radius 2 is 2.04 bits per heavy atom. The van der Waals surface area contributed by atoms with E-state index in [0.29, 0.717) is 33.0 Å². The number of amides is 1. The molecule has 1 saturated heterocycles. The lowest BCUT2D eigenvalue weighted by atomic mass is 10.0. The SMILES string of the molecule is C[C@@H]1CCCCN1c1cc(NC(=O)c2cccc(Cl)c2)c(Cl)cc1N. The summed E-state index contributed by atoms with van der Waals surface area (Å²) in [6.45, 7) is 3.14. The van der Waals surface area contributed by atoms with E-state index in [4.69, 9.17) is 28.9 Å². The summed E-state index contributed by atoms with van der Waals surface area (Å²) in [5, 5.41) is 3.79. The lowest BCUT2D eigenvalue weighted by Crippen LogP contribution is -2.37. The van der Waals surface area contributed by atoms with E-state index in [-0.39, 0.29) is 5.91 Å². The highest BCUT2D eigenvalue weighted by Gasteiger charge is 2.22. The Kier molecular flexibility index (Phi) is 5.40. The number of nitrogens with two attached hydrogens (primary N) is 1. The number of nitrogens with one attached hydrogen (secondary N) is 1. The molecule has 2 aromatic carbocycles. The summed E-state index contributed by atoms with van der Waals surface area (Å²) in [7, 11) is 0. The van der Waals surface area contributed by atoms with Crippen LogP contribution in [0, 0.1) is 0 Å². The molecule has 0 saturated carbocycles. The molecule has 1 aliphatic rings. The predicted octanol–water partition coefficient (Wildman–Crippen LogP) is 5.21. The van der Waals surface area contributed by atoms with Gasteiger partial charge in [0.2, 0.25) is 0 Å². The van der Waals surface area contributed by atoms with E-state index in [0.717, 1.165) is 25.1 Å². The van der Waals surface area contributed by atoms with Crippen LogP contribution >= 0.6 is 23.2 Å². The largest absolute Gasteiger partial charge is 0.397 e. The highest BCUT2D eigenvalue weighted by molar-refractivity contribution is 6.34. The quantitative estimate of drug-likeness (QED) is 0.721. The van der Waals surface area contributed by atoms with Gasteiger partial charge in [-0.1, -0.05) is 29.3 Å². The third kappa shape index (κ3) is 4.02. The molecule has 132 valence electrons. The molecule has 0 aliphatic carbocycles. The lowest BCUT2D eigenvalue weighted by Gasteiger charge is -2.36. The van der Waals surface area contributed by atoms with Gasteiger partial charge < -0.3 is 16.0 Å². The molecule has 4 nitrogen and oxygen atoms in total. The highest BCUT2D eigenvalue weighted by Crippen LogP contribution is 2.36. The third-order valence-electron chi connectivity index (χ3n) is 4.56. The summed E-state index contributed by atoms with van der Waals surface area (Å²) < 4.78 is 0. The van der Waals surface area contributed by atoms with Gasteiger partial charge in [0.15, 0.2) is 0 Å². The molecule has 1 atom stereocenters. The number of nitrogens with zero attached hydrogens (tertiary/aromatic N) is 1. The van der Waals surface area contributed by atoms with E-state index in [2.05, 4.69) is 17.1 Å². The maximum absolute atomic E-state index is 12.5. The van der Waals surface area contributed by atoms with E-state index in [1.54, 1.807) is 30.3 Å². The van der Waals surface area contributed by atoms with Crippen LogP contribution in [0.1, 0.15) is 36.5 Å². The number of anilines is 3. The van der Waals surface area contributed by atoms with Gasteiger partial charge in [0.05, 0.1) is 22.1 Å². The fraction of sp³-hybridized carbons (Fsp3) is 0.316. The van der Waals surface area contributed by atoms with Crippen molar-refractivity contribution in [2.24, 2.45) is 0 Å². The number of carbonyl (C=O) groups excluding carboxylic acids is 1. The predicted molar refractivity (Wildman–Crippen MR) is 106 cm³/mol. The third-order valence-corrected chi connectivity index (χ3v) is 5.11. The molecule has 2 aromatic rings. The maximum Gasteiger partial charge on any atom is 0.255 e. The zero-order chi connectivity index (χ0) is 18.0. The second-order valence-corrected chi connectivity index (χ2v) is 7.24. The van der Waals surface area contributed by atoms with Crippen molar-refractivity contribution in [3.63, 3.8) is 0 Å². The van der Waals surface area contributed by atoms with E-state index < -0.39 is 0 Å². The number of nitrogen functional groups attached to an aromatic ring is 1. The van der Waals surface area contributed by atoms with Gasteiger partial charge in [-0.25, -0.2) is 0 Å². The Balaban J connectivity index is 1.88. The Morgan fingerprint density at radius 1 is 1.24 bits per heavy atom. The number of halogens is 2. The van der Waals surface area contributed by atoms with Crippen LogP contribution in [0.25, 0.3) is 0 Å². The van der Waals surface area contributed by atoms with Gasteiger partial charge in [-0.2, -0.15) is 0 Å². The summed E-state index contributed by atoms with van der Waals surface area (Å²) in [4.78, 5) is 14.8. The number of benzene rings is 2. The van der Waals surface area contributed by atoms with Crippen molar-refractivity contribution in [1.82, 2.24) is 0 Å². The normalized spacial score (nSPS) is 17.4. The molecule has 3 rings (SSSR count). The zero-order valence-corrected chi connectivity index (χ0v) is 15.6. The summed E-state index contributed by atoms with van der Waals surface area (Å²) in [5.74, 6) is -0.258. The van der Waals surface area contributed by atoms with Crippen LogP contribution < -0.4 is 16.0 Å². The van der Waals surface area contributed by atoms with Crippen molar-refractivity contribution in [2.45, 2.75) is 32.2 Å². The summed E-state index contributed by atoms with van der Waals surface area (Å²) >= 11 is 12.3. The second-order valence-electron chi connectivity index (χ2n) is 6.39. The Bertz CT molecular complexity index is 794. The molecule has 25 heavy (non-hydrogen) atoms. The molecular weight excluding hydrogens is 357 g/mol. The first kappa shape index (κ1) is 17.9. The van der Waals surface area contributed by atoms with Gasteiger partial charge in [-0.3, -0.25) is 4.79 Å². The molecule has 1 fully saturated rings. The molecule has 1 amide bonds. The Hall–Kier alpha value is -1.91. The van der Waals surface area contributed by atoms with Crippen molar-refractivity contribution in [3.8, 4) is 0 Å². The van der Waals surface area contributed by atoms with Crippen molar-refractivity contribution in [1.29, 1.82) is 0 Å². The van der Waals surface area contributed by atoms with Crippen LogP contribution in [0.15, 0.2) is 36.4 Å². The minimum atomic E-state index is -0.258. The lowest BCUT2D eigenvalue weighted by molar-refractivity contribution is 0.102. The molecule has 0 spiro atoms. The van der Waals surface area contributed by atoms with Crippen LogP contribution in [0.5, 0.6) is 0 Å². The van der Waals surface area contributed by atoms with Crippen molar-refractivity contribution >= 4 is 46.2 Å². The van der Waals surface area contributed by atoms with Crippen molar-refractivity contribution in [2.75, 3.05) is 22.5 Å². The summed E-state index contributed by atoms with van der Waals surface area (Å²) in [6, 6.07) is 10.8. The molecule has 3 N–H and O–H groups in total. The van der Waals surface area contributed by atoms with Crippen LogP contribution in [-0.4, -0.2) is 18.5 Å². The van der Waals surface area contributed by atoms with Gasteiger partial charge in [-0.05, 0) is 56.5 Å². The van der Waals surface area contributed by atoms with E-state index in [1.165, 1.54) is 6.42 Å². The molecule has 0 radical (unpaired) electrons. The number of hydrogen-bond acceptors (Lipinski definition) is 3. The first-order valence-electron chi connectivity index (χ1n) is 8.38. The average Bonchev–Trinajstić information content (AvgIpc) is 2.58. The van der Waals surface area contributed by atoms with Crippen LogP contribution in [-0.2, 0) is 0 Å². The van der Waals surface area contributed by atoms with Gasteiger partial charge >= 0.3 is 0 Å². The second kappa shape index (κ2) is 7.54. The molecule has 6 heteroatoms. The van der Waals surface area contributed by atoms with E-state index in [9.17, 15) is 4.79 Å². The molecule has 1 heterocycles. The van der Waals surface area contributed by atoms with Gasteiger partial charge in [0, 0.05) is 23.2 Å². The minimum Gasteiger partial charge on any atom is -0.397 e. The van der Waals surface area contributed by atoms with Gasteiger partial charge in [0.25, 0.3) is 5.91 Å². The summed E-state index contributed by atoms with van der Waals surface area (Å²) in [5.41, 5.74) is 8.76. The molecule has 0 unspecified atom stereocenters. The number of rotatable bonds is 3. The number of piperidine rings is 1. The standard InChI is InChI=1S/C19H21Cl2N3O/c1-12-5-2-3-8-24(12)18-11-17(15(21)10-16(18)22)23-19(25)13-6-4-7-14(20)9-13/h4,6-7,9-12H,2-3,5,8,22H2,1H3,(H,23,25)/t12-/m1/s1. The molecular formula is C19H21Cl2N3O. The smallest absolute Gasteiger partial charge is 0.255 e. The topological polar surface area (TPSA) is 58.4 Å². The number of carbonyl (C=O) groups is 1. The van der Waals surface area contributed by atoms with Crippen LogP contribution in [0.3, 0.4) is 0 Å². The fourth-order valence-electron chi connectivity index (χ4n) is 3.20. The first-order chi connectivity index (χ1) is 12.0. The van der Waals surface area contributed by atoms with Gasteiger partial charge in [-0.15, -0.1) is 0 Å². The van der Waals surface area contributed by atoms with Crippen molar-refractivity contribution in [3.05, 3.63) is 52.0 Å².